The lowest BCUT2D eigenvalue weighted by molar-refractivity contribution is 0.173. The average molecular weight is 268 g/mol. The number of aliphatic hydroxyl groups is 1. The molecule has 2 unspecified atom stereocenters. The van der Waals surface area contributed by atoms with E-state index in [9.17, 15) is 5.11 Å². The first-order valence-electron chi connectivity index (χ1n) is 6.80. The smallest absolute Gasteiger partial charge is 0.0914 e. The maximum atomic E-state index is 10.1. The molecule has 2 rings (SSSR count). The molecule has 2 N–H and O–H groups in total. The molecule has 0 aliphatic rings. The van der Waals surface area contributed by atoms with Gasteiger partial charge in [0.15, 0.2) is 0 Å². The van der Waals surface area contributed by atoms with Crippen molar-refractivity contribution < 1.29 is 5.11 Å². The van der Waals surface area contributed by atoms with Crippen LogP contribution in [-0.4, -0.2) is 22.7 Å². The molecule has 0 fully saturated rings. The fourth-order valence-corrected chi connectivity index (χ4v) is 1.89. The number of hydrogen-bond donors (Lipinski definition) is 2. The molecule has 1 aromatic heterocycles. The van der Waals surface area contributed by atoms with Crippen molar-refractivity contribution in [3.63, 3.8) is 0 Å². The van der Waals surface area contributed by atoms with Crippen molar-refractivity contribution in [2.75, 3.05) is 6.54 Å². The third kappa shape index (κ3) is 4.61. The molecule has 2 atom stereocenters. The van der Waals surface area contributed by atoms with Gasteiger partial charge in [-0.3, -0.25) is 4.98 Å². The Morgan fingerprint density at radius 3 is 2.70 bits per heavy atom. The van der Waals surface area contributed by atoms with Gasteiger partial charge in [-0.25, -0.2) is 0 Å². The van der Waals surface area contributed by atoms with Crippen LogP contribution < -0.4 is 5.32 Å². The summed E-state index contributed by atoms with van der Waals surface area (Å²) in [5.74, 6) is 0. The van der Waals surface area contributed by atoms with E-state index in [4.69, 9.17) is 0 Å². The molecule has 1 heterocycles. The SMILES string of the molecule is CC(/C=C/c1cccnc1)NCC(O)c1ccccc1. The maximum Gasteiger partial charge on any atom is 0.0914 e. The molecule has 3 heteroatoms. The number of nitrogens with zero attached hydrogens (tertiary/aromatic N) is 1. The number of pyridine rings is 1. The Balaban J connectivity index is 1.81. The van der Waals surface area contributed by atoms with Crippen LogP contribution in [0.2, 0.25) is 0 Å². The molecule has 0 aliphatic carbocycles. The standard InChI is InChI=1S/C17H20N2O/c1-14(9-10-15-6-5-11-18-12-15)19-13-17(20)16-7-3-2-4-8-16/h2-12,14,17,19-20H,13H2,1H3/b10-9+. The molecular formula is C17H20N2O. The third-order valence-electron chi connectivity index (χ3n) is 3.08. The Morgan fingerprint density at radius 1 is 1.20 bits per heavy atom. The number of nitrogens with one attached hydrogen (secondary N) is 1. The minimum absolute atomic E-state index is 0.188. The lowest BCUT2D eigenvalue weighted by Crippen LogP contribution is -2.28. The predicted octanol–water partition coefficient (Wildman–Crippen LogP) is 2.81. The third-order valence-corrected chi connectivity index (χ3v) is 3.08. The van der Waals surface area contributed by atoms with Crippen molar-refractivity contribution in [1.82, 2.24) is 10.3 Å². The number of aliphatic hydroxyl groups excluding tert-OH is 1. The van der Waals surface area contributed by atoms with E-state index in [2.05, 4.69) is 23.3 Å². The van der Waals surface area contributed by atoms with Gasteiger partial charge in [0.2, 0.25) is 0 Å². The van der Waals surface area contributed by atoms with Gasteiger partial charge in [-0.1, -0.05) is 48.6 Å². The summed E-state index contributed by atoms with van der Waals surface area (Å²) in [6.45, 7) is 2.59. The summed E-state index contributed by atoms with van der Waals surface area (Å²) < 4.78 is 0. The van der Waals surface area contributed by atoms with Gasteiger partial charge < -0.3 is 10.4 Å². The van der Waals surface area contributed by atoms with Gasteiger partial charge in [-0.05, 0) is 24.1 Å². The van der Waals surface area contributed by atoms with E-state index in [1.165, 1.54) is 0 Å². The first kappa shape index (κ1) is 14.4. The molecule has 104 valence electrons. The lowest BCUT2D eigenvalue weighted by atomic mass is 10.1. The summed E-state index contributed by atoms with van der Waals surface area (Å²) in [6.07, 6.45) is 7.19. The largest absolute Gasteiger partial charge is 0.387 e. The highest BCUT2D eigenvalue weighted by Gasteiger charge is 2.07. The topological polar surface area (TPSA) is 45.2 Å². The summed E-state index contributed by atoms with van der Waals surface area (Å²) in [5.41, 5.74) is 2.01. The summed E-state index contributed by atoms with van der Waals surface area (Å²) in [5, 5.41) is 13.4. The summed E-state index contributed by atoms with van der Waals surface area (Å²) >= 11 is 0. The fraction of sp³-hybridized carbons (Fsp3) is 0.235. The summed E-state index contributed by atoms with van der Waals surface area (Å²) in [7, 11) is 0. The van der Waals surface area contributed by atoms with E-state index in [0.717, 1.165) is 11.1 Å². The average Bonchev–Trinajstić information content (AvgIpc) is 2.52. The number of hydrogen-bond acceptors (Lipinski definition) is 3. The van der Waals surface area contributed by atoms with Gasteiger partial charge in [0, 0.05) is 25.0 Å². The Bertz CT molecular complexity index is 525. The Kier molecular flexibility index (Phi) is 5.47. The van der Waals surface area contributed by atoms with E-state index in [-0.39, 0.29) is 6.04 Å². The van der Waals surface area contributed by atoms with E-state index >= 15 is 0 Å². The number of aromatic nitrogens is 1. The van der Waals surface area contributed by atoms with Crippen LogP contribution in [0.1, 0.15) is 24.2 Å². The van der Waals surface area contributed by atoms with Crippen molar-refractivity contribution in [3.05, 3.63) is 72.1 Å². The quantitative estimate of drug-likeness (QED) is 0.846. The van der Waals surface area contributed by atoms with Crippen molar-refractivity contribution in [2.24, 2.45) is 0 Å². The highest BCUT2D eigenvalue weighted by molar-refractivity contribution is 5.48. The van der Waals surface area contributed by atoms with Crippen molar-refractivity contribution in [2.45, 2.75) is 19.1 Å². The first-order chi connectivity index (χ1) is 9.75. The minimum atomic E-state index is -0.481. The normalized spacial score (nSPS) is 14.3. The maximum absolute atomic E-state index is 10.1. The van der Waals surface area contributed by atoms with Crippen LogP contribution in [0.15, 0.2) is 60.9 Å². The predicted molar refractivity (Wildman–Crippen MR) is 82.1 cm³/mol. The first-order valence-corrected chi connectivity index (χ1v) is 6.80. The highest BCUT2D eigenvalue weighted by atomic mass is 16.3. The van der Waals surface area contributed by atoms with Gasteiger partial charge in [0.05, 0.1) is 6.10 Å². The Labute approximate surface area is 120 Å². The molecule has 0 aliphatic heterocycles. The molecule has 20 heavy (non-hydrogen) atoms. The Morgan fingerprint density at radius 2 is 2.00 bits per heavy atom. The molecule has 3 nitrogen and oxygen atoms in total. The van der Waals surface area contributed by atoms with Crippen LogP contribution in [0.25, 0.3) is 6.08 Å². The number of rotatable bonds is 6. The second kappa shape index (κ2) is 7.58. The van der Waals surface area contributed by atoms with E-state index in [0.29, 0.717) is 6.54 Å². The van der Waals surface area contributed by atoms with Gasteiger partial charge >= 0.3 is 0 Å². The molecule has 2 aromatic rings. The van der Waals surface area contributed by atoms with Crippen LogP contribution >= 0.6 is 0 Å². The minimum Gasteiger partial charge on any atom is -0.387 e. The second-order valence-corrected chi connectivity index (χ2v) is 4.77. The second-order valence-electron chi connectivity index (χ2n) is 4.77. The molecule has 1 aromatic carbocycles. The van der Waals surface area contributed by atoms with Gasteiger partial charge in [-0.2, -0.15) is 0 Å². The van der Waals surface area contributed by atoms with E-state index in [1.54, 1.807) is 6.20 Å². The van der Waals surface area contributed by atoms with Gasteiger partial charge in [-0.15, -0.1) is 0 Å². The van der Waals surface area contributed by atoms with Crippen LogP contribution in [0.4, 0.5) is 0 Å². The zero-order valence-corrected chi connectivity index (χ0v) is 11.6. The monoisotopic (exact) mass is 268 g/mol. The van der Waals surface area contributed by atoms with Crippen LogP contribution in [-0.2, 0) is 0 Å². The molecule has 0 spiro atoms. The van der Waals surface area contributed by atoms with Crippen molar-refractivity contribution in [1.29, 1.82) is 0 Å². The van der Waals surface area contributed by atoms with Crippen LogP contribution in [0, 0.1) is 0 Å². The van der Waals surface area contributed by atoms with Crippen molar-refractivity contribution >= 4 is 6.08 Å². The molecule has 0 saturated carbocycles. The Hall–Kier alpha value is -1.97. The fourth-order valence-electron chi connectivity index (χ4n) is 1.89. The molecule has 0 saturated heterocycles. The highest BCUT2D eigenvalue weighted by Crippen LogP contribution is 2.11. The van der Waals surface area contributed by atoms with E-state index < -0.39 is 6.10 Å². The van der Waals surface area contributed by atoms with Crippen molar-refractivity contribution in [3.8, 4) is 0 Å². The molecule has 0 radical (unpaired) electrons. The van der Waals surface area contributed by atoms with Crippen LogP contribution in [0.5, 0.6) is 0 Å². The zero-order valence-electron chi connectivity index (χ0n) is 11.6. The van der Waals surface area contributed by atoms with Gasteiger partial charge in [0.1, 0.15) is 0 Å². The van der Waals surface area contributed by atoms with E-state index in [1.807, 2.05) is 54.7 Å². The lowest BCUT2D eigenvalue weighted by Gasteiger charge is -2.15. The summed E-state index contributed by atoms with van der Waals surface area (Å²) in [4.78, 5) is 4.06. The summed E-state index contributed by atoms with van der Waals surface area (Å²) in [6, 6.07) is 13.8. The van der Waals surface area contributed by atoms with Crippen LogP contribution in [0.3, 0.4) is 0 Å². The molecule has 0 bridgehead atoms. The molecular weight excluding hydrogens is 248 g/mol. The van der Waals surface area contributed by atoms with Gasteiger partial charge in [0.25, 0.3) is 0 Å². The zero-order chi connectivity index (χ0) is 14.2. The number of benzene rings is 1. The molecule has 0 amide bonds.